The van der Waals surface area contributed by atoms with E-state index in [2.05, 4.69) is 18.7 Å². The van der Waals surface area contributed by atoms with Crippen LogP contribution in [-0.2, 0) is 0 Å². The molecule has 1 aromatic carbocycles. The molecule has 1 atom stereocenters. The number of anilines is 1. The number of piperazine rings is 1. The first kappa shape index (κ1) is 13.7. The van der Waals surface area contributed by atoms with E-state index in [4.69, 9.17) is 5.73 Å². The molecular weight excluding hydrogens is 242 g/mol. The third-order valence-corrected chi connectivity index (χ3v) is 3.73. The SMILES string of the molecule is CCN1CCN(C(=O)c2cc(O)ccc2N)CC1C. The molecular formula is C14H21N3O2. The van der Waals surface area contributed by atoms with Gasteiger partial charge in [-0.2, -0.15) is 0 Å². The third kappa shape index (κ3) is 2.81. The molecule has 2 rings (SSSR count). The van der Waals surface area contributed by atoms with Crippen molar-refractivity contribution < 1.29 is 9.90 Å². The molecule has 1 fully saturated rings. The number of benzene rings is 1. The first-order chi connectivity index (χ1) is 9.02. The maximum absolute atomic E-state index is 12.4. The average molecular weight is 263 g/mol. The van der Waals surface area contributed by atoms with Crippen LogP contribution in [0.2, 0.25) is 0 Å². The second-order valence-electron chi connectivity index (χ2n) is 5.00. The molecule has 1 unspecified atom stereocenters. The second kappa shape index (κ2) is 5.48. The molecule has 0 saturated carbocycles. The maximum atomic E-state index is 12.4. The molecule has 1 heterocycles. The van der Waals surface area contributed by atoms with Gasteiger partial charge in [0.15, 0.2) is 0 Å². The zero-order valence-corrected chi connectivity index (χ0v) is 11.5. The van der Waals surface area contributed by atoms with E-state index >= 15 is 0 Å². The highest BCUT2D eigenvalue weighted by Gasteiger charge is 2.27. The van der Waals surface area contributed by atoms with Crippen molar-refractivity contribution in [3.63, 3.8) is 0 Å². The fourth-order valence-corrected chi connectivity index (χ4v) is 2.55. The van der Waals surface area contributed by atoms with Crippen LogP contribution in [-0.4, -0.2) is 53.0 Å². The number of nitrogen functional groups attached to an aromatic ring is 1. The Labute approximate surface area is 113 Å². The normalized spacial score (nSPS) is 20.5. The van der Waals surface area contributed by atoms with Gasteiger partial charge in [0, 0.05) is 31.4 Å². The van der Waals surface area contributed by atoms with Crippen molar-refractivity contribution in [2.24, 2.45) is 0 Å². The standard InChI is InChI=1S/C14H21N3O2/c1-3-16-6-7-17(9-10(16)2)14(19)12-8-11(18)4-5-13(12)15/h4-5,8,10,18H,3,6-7,9,15H2,1-2H3. The van der Waals surface area contributed by atoms with Gasteiger partial charge in [0.05, 0.1) is 5.56 Å². The number of phenolic OH excluding ortho intramolecular Hbond substituents is 1. The van der Waals surface area contributed by atoms with Gasteiger partial charge in [-0.25, -0.2) is 0 Å². The number of rotatable bonds is 2. The van der Waals surface area contributed by atoms with Crippen molar-refractivity contribution in [3.05, 3.63) is 23.8 Å². The third-order valence-electron chi connectivity index (χ3n) is 3.73. The molecule has 5 nitrogen and oxygen atoms in total. The van der Waals surface area contributed by atoms with Gasteiger partial charge < -0.3 is 15.7 Å². The van der Waals surface area contributed by atoms with Gasteiger partial charge in [0.2, 0.25) is 0 Å². The Morgan fingerprint density at radius 1 is 1.47 bits per heavy atom. The molecule has 1 aliphatic rings. The first-order valence-electron chi connectivity index (χ1n) is 6.64. The minimum absolute atomic E-state index is 0.0674. The summed E-state index contributed by atoms with van der Waals surface area (Å²) in [7, 11) is 0. The van der Waals surface area contributed by atoms with Gasteiger partial charge in [-0.3, -0.25) is 9.69 Å². The van der Waals surface area contributed by atoms with E-state index in [1.807, 2.05) is 4.90 Å². The predicted octanol–water partition coefficient (Wildman–Crippen LogP) is 1.14. The monoisotopic (exact) mass is 263 g/mol. The number of likely N-dealkylation sites (N-methyl/N-ethyl adjacent to an activating group) is 1. The Hall–Kier alpha value is -1.75. The van der Waals surface area contributed by atoms with Crippen LogP contribution in [0.25, 0.3) is 0 Å². The molecule has 0 bridgehead atoms. The Bertz CT molecular complexity index is 476. The molecule has 1 saturated heterocycles. The minimum atomic E-state index is -0.101. The van der Waals surface area contributed by atoms with E-state index in [1.54, 1.807) is 6.07 Å². The number of aromatic hydroxyl groups is 1. The molecule has 5 heteroatoms. The van der Waals surface area contributed by atoms with Gasteiger partial charge >= 0.3 is 0 Å². The van der Waals surface area contributed by atoms with Crippen molar-refractivity contribution in [1.82, 2.24) is 9.80 Å². The quantitative estimate of drug-likeness (QED) is 0.620. The van der Waals surface area contributed by atoms with Crippen LogP contribution in [0.15, 0.2) is 18.2 Å². The van der Waals surface area contributed by atoms with Crippen molar-refractivity contribution in [2.45, 2.75) is 19.9 Å². The average Bonchev–Trinajstić information content (AvgIpc) is 2.40. The van der Waals surface area contributed by atoms with Gasteiger partial charge in [-0.15, -0.1) is 0 Å². The van der Waals surface area contributed by atoms with Crippen LogP contribution in [0.3, 0.4) is 0 Å². The molecule has 0 aliphatic carbocycles. The topological polar surface area (TPSA) is 69.8 Å². The number of amides is 1. The lowest BCUT2D eigenvalue weighted by Gasteiger charge is -2.39. The van der Waals surface area contributed by atoms with E-state index in [-0.39, 0.29) is 11.7 Å². The highest BCUT2D eigenvalue weighted by molar-refractivity contribution is 5.99. The van der Waals surface area contributed by atoms with Crippen LogP contribution >= 0.6 is 0 Å². The molecule has 104 valence electrons. The van der Waals surface area contributed by atoms with Crippen molar-refractivity contribution in [1.29, 1.82) is 0 Å². The van der Waals surface area contributed by atoms with Gasteiger partial charge in [-0.1, -0.05) is 6.92 Å². The van der Waals surface area contributed by atoms with E-state index in [0.29, 0.717) is 30.4 Å². The van der Waals surface area contributed by atoms with Crippen LogP contribution in [0.1, 0.15) is 24.2 Å². The lowest BCUT2D eigenvalue weighted by molar-refractivity contribution is 0.0529. The van der Waals surface area contributed by atoms with E-state index in [0.717, 1.165) is 13.1 Å². The Morgan fingerprint density at radius 2 is 2.21 bits per heavy atom. The van der Waals surface area contributed by atoms with Crippen molar-refractivity contribution in [3.8, 4) is 5.75 Å². The molecule has 0 spiro atoms. The number of carbonyl (C=O) groups is 1. The van der Waals surface area contributed by atoms with Gasteiger partial charge in [-0.05, 0) is 31.7 Å². The lowest BCUT2D eigenvalue weighted by Crippen LogP contribution is -2.53. The summed E-state index contributed by atoms with van der Waals surface area (Å²) in [5.41, 5.74) is 6.61. The summed E-state index contributed by atoms with van der Waals surface area (Å²) < 4.78 is 0. The van der Waals surface area contributed by atoms with Crippen LogP contribution in [0.4, 0.5) is 5.69 Å². The first-order valence-corrected chi connectivity index (χ1v) is 6.64. The van der Waals surface area contributed by atoms with Crippen molar-refractivity contribution in [2.75, 3.05) is 31.9 Å². The molecule has 1 amide bonds. The van der Waals surface area contributed by atoms with E-state index in [1.165, 1.54) is 12.1 Å². The highest BCUT2D eigenvalue weighted by atomic mass is 16.3. The second-order valence-corrected chi connectivity index (χ2v) is 5.00. The number of nitrogens with two attached hydrogens (primary N) is 1. The number of hydrogen-bond acceptors (Lipinski definition) is 4. The minimum Gasteiger partial charge on any atom is -0.508 e. The molecule has 1 aromatic rings. The summed E-state index contributed by atoms with van der Waals surface area (Å²) in [4.78, 5) is 16.6. The fourth-order valence-electron chi connectivity index (χ4n) is 2.55. The largest absolute Gasteiger partial charge is 0.508 e. The van der Waals surface area contributed by atoms with Gasteiger partial charge in [0.25, 0.3) is 5.91 Å². The zero-order valence-electron chi connectivity index (χ0n) is 11.5. The molecule has 19 heavy (non-hydrogen) atoms. The summed E-state index contributed by atoms with van der Waals surface area (Å²) >= 11 is 0. The van der Waals surface area contributed by atoms with E-state index in [9.17, 15) is 9.90 Å². The predicted molar refractivity (Wildman–Crippen MR) is 75.1 cm³/mol. The lowest BCUT2D eigenvalue weighted by atomic mass is 10.1. The zero-order chi connectivity index (χ0) is 14.0. The van der Waals surface area contributed by atoms with E-state index < -0.39 is 0 Å². The summed E-state index contributed by atoms with van der Waals surface area (Å²) in [6.45, 7) is 7.52. The summed E-state index contributed by atoms with van der Waals surface area (Å²) in [5, 5.41) is 9.48. The highest BCUT2D eigenvalue weighted by Crippen LogP contribution is 2.21. The fraction of sp³-hybridized carbons (Fsp3) is 0.500. The molecule has 0 aromatic heterocycles. The number of nitrogens with zero attached hydrogens (tertiary/aromatic N) is 2. The Balaban J connectivity index is 2.14. The van der Waals surface area contributed by atoms with Crippen LogP contribution in [0, 0.1) is 0 Å². The number of phenols is 1. The summed E-state index contributed by atoms with van der Waals surface area (Å²) in [6.07, 6.45) is 0. The Morgan fingerprint density at radius 3 is 2.84 bits per heavy atom. The Kier molecular flexibility index (Phi) is 3.95. The maximum Gasteiger partial charge on any atom is 0.256 e. The molecule has 3 N–H and O–H groups in total. The van der Waals surface area contributed by atoms with Gasteiger partial charge in [0.1, 0.15) is 5.75 Å². The summed E-state index contributed by atoms with van der Waals surface area (Å²) in [6, 6.07) is 4.84. The number of carbonyl (C=O) groups excluding carboxylic acids is 1. The van der Waals surface area contributed by atoms with Crippen LogP contribution < -0.4 is 5.73 Å². The van der Waals surface area contributed by atoms with Crippen LogP contribution in [0.5, 0.6) is 5.75 Å². The number of hydrogen-bond donors (Lipinski definition) is 2. The molecule has 0 radical (unpaired) electrons. The molecule has 1 aliphatic heterocycles. The smallest absolute Gasteiger partial charge is 0.256 e. The summed E-state index contributed by atoms with van der Waals surface area (Å²) in [5.74, 6) is -0.0335. The van der Waals surface area contributed by atoms with Crippen molar-refractivity contribution >= 4 is 11.6 Å².